The van der Waals surface area contributed by atoms with Crippen molar-refractivity contribution in [3.63, 3.8) is 0 Å². The van der Waals surface area contributed by atoms with E-state index in [1.54, 1.807) is 12.1 Å². The van der Waals surface area contributed by atoms with Gasteiger partial charge < -0.3 is 15.2 Å². The molecular formula is C13H18FNO3. The van der Waals surface area contributed by atoms with Crippen LogP contribution >= 0.6 is 0 Å². The topological polar surface area (TPSA) is 58.6 Å². The Kier molecular flexibility index (Phi) is 6.14. The molecule has 0 saturated heterocycles. The molecule has 1 aromatic rings. The van der Waals surface area contributed by atoms with Gasteiger partial charge in [0.25, 0.3) is 0 Å². The molecule has 0 amide bonds. The summed E-state index contributed by atoms with van der Waals surface area (Å²) >= 11 is 0. The molecule has 2 N–H and O–H groups in total. The fourth-order valence-corrected chi connectivity index (χ4v) is 1.48. The second-order valence-corrected chi connectivity index (χ2v) is 3.94. The van der Waals surface area contributed by atoms with Crippen LogP contribution in [0.1, 0.15) is 19.8 Å². The van der Waals surface area contributed by atoms with Gasteiger partial charge in [0.2, 0.25) is 0 Å². The molecule has 0 spiro atoms. The first-order valence-corrected chi connectivity index (χ1v) is 5.98. The van der Waals surface area contributed by atoms with Crippen molar-refractivity contribution in [3.8, 4) is 5.75 Å². The minimum Gasteiger partial charge on any atom is -0.493 e. The van der Waals surface area contributed by atoms with Crippen LogP contribution in [0.5, 0.6) is 5.75 Å². The van der Waals surface area contributed by atoms with Crippen molar-refractivity contribution < 1.29 is 19.0 Å². The first-order valence-electron chi connectivity index (χ1n) is 5.98. The van der Waals surface area contributed by atoms with Crippen LogP contribution in [0, 0.1) is 5.82 Å². The van der Waals surface area contributed by atoms with Crippen LogP contribution in [-0.4, -0.2) is 30.3 Å². The lowest BCUT2D eigenvalue weighted by atomic mass is 10.2. The second kappa shape index (κ2) is 7.66. The zero-order chi connectivity index (χ0) is 13.4. The molecule has 1 aromatic carbocycles. The molecule has 0 aliphatic heterocycles. The van der Waals surface area contributed by atoms with Gasteiger partial charge in [-0.2, -0.15) is 0 Å². The van der Waals surface area contributed by atoms with Crippen molar-refractivity contribution >= 4 is 5.97 Å². The van der Waals surface area contributed by atoms with E-state index < -0.39 is 12.0 Å². The Hall–Kier alpha value is -1.62. The predicted molar refractivity (Wildman–Crippen MR) is 66.2 cm³/mol. The minimum atomic E-state index is -0.897. The first-order chi connectivity index (χ1) is 8.63. The van der Waals surface area contributed by atoms with E-state index in [0.717, 1.165) is 6.42 Å². The summed E-state index contributed by atoms with van der Waals surface area (Å²) in [7, 11) is 0. The van der Waals surface area contributed by atoms with Gasteiger partial charge in [-0.05, 0) is 25.1 Å². The van der Waals surface area contributed by atoms with E-state index in [4.69, 9.17) is 9.84 Å². The van der Waals surface area contributed by atoms with Crippen LogP contribution in [0.4, 0.5) is 4.39 Å². The smallest absolute Gasteiger partial charge is 0.320 e. The highest BCUT2D eigenvalue weighted by atomic mass is 19.1. The maximum absolute atomic E-state index is 12.9. The number of ether oxygens (including phenoxy) is 1. The van der Waals surface area contributed by atoms with Gasteiger partial charge in [-0.3, -0.25) is 4.79 Å². The second-order valence-electron chi connectivity index (χ2n) is 3.94. The van der Waals surface area contributed by atoms with Gasteiger partial charge in [0, 0.05) is 12.5 Å². The molecule has 0 saturated carbocycles. The molecule has 0 radical (unpaired) electrons. The Balaban J connectivity index is 2.36. The fraction of sp³-hybridized carbons (Fsp3) is 0.462. The molecule has 0 aromatic heterocycles. The van der Waals surface area contributed by atoms with E-state index >= 15 is 0 Å². The van der Waals surface area contributed by atoms with Crippen molar-refractivity contribution in [2.45, 2.75) is 25.8 Å². The summed E-state index contributed by atoms with van der Waals surface area (Å²) in [5, 5.41) is 11.9. The molecule has 5 heteroatoms. The van der Waals surface area contributed by atoms with Crippen molar-refractivity contribution in [2.24, 2.45) is 0 Å². The van der Waals surface area contributed by atoms with Gasteiger partial charge in [0.1, 0.15) is 17.6 Å². The lowest BCUT2D eigenvalue weighted by Gasteiger charge is -2.14. The van der Waals surface area contributed by atoms with Crippen LogP contribution in [0.2, 0.25) is 0 Å². The number of rotatable bonds is 8. The fourth-order valence-electron chi connectivity index (χ4n) is 1.48. The number of hydrogen-bond donors (Lipinski definition) is 2. The number of aliphatic carboxylic acids is 1. The lowest BCUT2D eigenvalue weighted by molar-refractivity contribution is -0.139. The van der Waals surface area contributed by atoms with E-state index in [9.17, 15) is 9.18 Å². The number of carboxylic acid groups (broad SMARTS) is 1. The molecule has 0 aliphatic rings. The van der Waals surface area contributed by atoms with Crippen molar-refractivity contribution in [3.05, 3.63) is 30.1 Å². The molecule has 4 nitrogen and oxygen atoms in total. The van der Waals surface area contributed by atoms with Crippen LogP contribution in [0.25, 0.3) is 0 Å². The van der Waals surface area contributed by atoms with Crippen molar-refractivity contribution in [1.82, 2.24) is 5.32 Å². The summed E-state index contributed by atoms with van der Waals surface area (Å²) in [6.45, 7) is 2.85. The standard InChI is InChI=1S/C13H18FNO3/c1-2-7-15-12(13(16)17)6-8-18-11-5-3-4-10(14)9-11/h3-5,9,12,15H,2,6-8H2,1H3,(H,16,17). The molecule has 1 rings (SSSR count). The van der Waals surface area contributed by atoms with Crippen LogP contribution < -0.4 is 10.1 Å². The van der Waals surface area contributed by atoms with Gasteiger partial charge in [-0.15, -0.1) is 0 Å². The maximum Gasteiger partial charge on any atom is 0.320 e. The third kappa shape index (κ3) is 5.14. The summed E-state index contributed by atoms with van der Waals surface area (Å²) < 4.78 is 18.2. The summed E-state index contributed by atoms with van der Waals surface area (Å²) in [5.74, 6) is -0.854. The number of nitrogens with one attached hydrogen (secondary N) is 1. The molecule has 18 heavy (non-hydrogen) atoms. The zero-order valence-corrected chi connectivity index (χ0v) is 10.4. The SMILES string of the molecule is CCCNC(CCOc1cccc(F)c1)C(=O)O. The molecule has 0 heterocycles. The summed E-state index contributed by atoms with van der Waals surface area (Å²) in [4.78, 5) is 10.9. The molecule has 100 valence electrons. The third-order valence-corrected chi connectivity index (χ3v) is 2.41. The maximum atomic E-state index is 12.9. The van der Waals surface area contributed by atoms with E-state index in [1.165, 1.54) is 12.1 Å². The van der Waals surface area contributed by atoms with E-state index in [0.29, 0.717) is 18.7 Å². The average Bonchev–Trinajstić information content (AvgIpc) is 2.33. The van der Waals surface area contributed by atoms with Gasteiger partial charge in [0.05, 0.1) is 6.61 Å². The summed E-state index contributed by atoms with van der Waals surface area (Å²) in [6, 6.07) is 5.16. The van der Waals surface area contributed by atoms with Gasteiger partial charge in [0.15, 0.2) is 0 Å². The molecule has 1 atom stereocenters. The van der Waals surface area contributed by atoms with E-state index in [2.05, 4.69) is 5.32 Å². The summed E-state index contributed by atoms with van der Waals surface area (Å²) in [6.07, 6.45) is 1.21. The third-order valence-electron chi connectivity index (χ3n) is 2.41. The highest BCUT2D eigenvalue weighted by Gasteiger charge is 2.15. The molecule has 1 unspecified atom stereocenters. The quantitative estimate of drug-likeness (QED) is 0.746. The van der Waals surface area contributed by atoms with E-state index in [1.807, 2.05) is 6.92 Å². The normalized spacial score (nSPS) is 12.1. The zero-order valence-electron chi connectivity index (χ0n) is 10.4. The lowest BCUT2D eigenvalue weighted by Crippen LogP contribution is -2.38. The average molecular weight is 255 g/mol. The minimum absolute atomic E-state index is 0.233. The number of benzene rings is 1. The van der Waals surface area contributed by atoms with Gasteiger partial charge in [-0.1, -0.05) is 13.0 Å². The number of halogens is 1. The molecule has 0 aliphatic carbocycles. The van der Waals surface area contributed by atoms with Gasteiger partial charge in [-0.25, -0.2) is 4.39 Å². The number of carbonyl (C=O) groups is 1. The Morgan fingerprint density at radius 2 is 2.33 bits per heavy atom. The molecule has 0 fully saturated rings. The highest BCUT2D eigenvalue weighted by Crippen LogP contribution is 2.12. The van der Waals surface area contributed by atoms with Crippen LogP contribution in [0.3, 0.4) is 0 Å². The van der Waals surface area contributed by atoms with Crippen molar-refractivity contribution in [1.29, 1.82) is 0 Å². The number of hydrogen-bond acceptors (Lipinski definition) is 3. The van der Waals surface area contributed by atoms with Crippen LogP contribution in [0.15, 0.2) is 24.3 Å². The molecular weight excluding hydrogens is 237 g/mol. The number of carboxylic acids is 1. The summed E-state index contributed by atoms with van der Waals surface area (Å²) in [5.41, 5.74) is 0. The highest BCUT2D eigenvalue weighted by molar-refractivity contribution is 5.73. The first kappa shape index (κ1) is 14.4. The van der Waals surface area contributed by atoms with Crippen LogP contribution in [-0.2, 0) is 4.79 Å². The predicted octanol–water partition coefficient (Wildman–Crippen LogP) is 2.05. The monoisotopic (exact) mass is 255 g/mol. The Labute approximate surface area is 106 Å². The Morgan fingerprint density at radius 3 is 2.94 bits per heavy atom. The van der Waals surface area contributed by atoms with E-state index in [-0.39, 0.29) is 12.4 Å². The largest absolute Gasteiger partial charge is 0.493 e. The Bertz CT molecular complexity index is 384. The van der Waals surface area contributed by atoms with Crippen molar-refractivity contribution in [2.75, 3.05) is 13.2 Å². The van der Waals surface area contributed by atoms with Gasteiger partial charge >= 0.3 is 5.97 Å². The Morgan fingerprint density at radius 1 is 1.56 bits per heavy atom. The molecule has 0 bridgehead atoms.